The van der Waals surface area contributed by atoms with Gasteiger partial charge in [-0.15, -0.1) is 6.58 Å². The third-order valence-electron chi connectivity index (χ3n) is 3.72. The molecule has 2 rings (SSSR count). The lowest BCUT2D eigenvalue weighted by molar-refractivity contribution is -0.112. The maximum absolute atomic E-state index is 12.5. The van der Waals surface area contributed by atoms with Gasteiger partial charge in [-0.25, -0.2) is 0 Å². The molecule has 6 heteroatoms. The topological polar surface area (TPSA) is 73.1 Å². The van der Waals surface area contributed by atoms with Crippen LogP contribution in [0.2, 0.25) is 5.02 Å². The molecule has 0 atom stereocenters. The Morgan fingerprint density at radius 3 is 2.85 bits per heavy atom. The molecule has 2 N–H and O–H groups in total. The van der Waals surface area contributed by atoms with E-state index in [0.29, 0.717) is 32.7 Å². The SMILES string of the molecule is C=CCc1cc(/C=C(/C#N)C(=O)Nc2cccc(Cl)c2C)cc(Br)c1O. The van der Waals surface area contributed by atoms with Crippen LogP contribution >= 0.6 is 27.5 Å². The van der Waals surface area contributed by atoms with Crippen molar-refractivity contribution in [3.8, 4) is 11.8 Å². The normalized spacial score (nSPS) is 10.9. The van der Waals surface area contributed by atoms with Gasteiger partial charge in [0.1, 0.15) is 17.4 Å². The number of anilines is 1. The average molecular weight is 432 g/mol. The number of hydrogen-bond donors (Lipinski definition) is 2. The number of hydrogen-bond acceptors (Lipinski definition) is 3. The van der Waals surface area contributed by atoms with Crippen LogP contribution in [-0.4, -0.2) is 11.0 Å². The molecule has 0 aromatic heterocycles. The third kappa shape index (κ3) is 4.54. The molecule has 0 bridgehead atoms. The minimum absolute atomic E-state index is 0.0634. The van der Waals surface area contributed by atoms with Crippen LogP contribution in [0.5, 0.6) is 5.75 Å². The average Bonchev–Trinajstić information content (AvgIpc) is 2.61. The lowest BCUT2D eigenvalue weighted by Gasteiger charge is -2.09. The van der Waals surface area contributed by atoms with Crippen molar-refractivity contribution >= 4 is 45.2 Å². The first-order valence-electron chi connectivity index (χ1n) is 7.68. The molecule has 0 unspecified atom stereocenters. The first-order valence-corrected chi connectivity index (χ1v) is 8.85. The lowest BCUT2D eigenvalue weighted by Crippen LogP contribution is -2.14. The van der Waals surface area contributed by atoms with Crippen molar-refractivity contribution < 1.29 is 9.90 Å². The Morgan fingerprint density at radius 2 is 2.19 bits per heavy atom. The summed E-state index contributed by atoms with van der Waals surface area (Å²) in [5, 5.41) is 22.6. The van der Waals surface area contributed by atoms with Gasteiger partial charge in [0.15, 0.2) is 0 Å². The molecule has 0 saturated carbocycles. The Labute approximate surface area is 165 Å². The zero-order valence-electron chi connectivity index (χ0n) is 14.0. The van der Waals surface area contributed by atoms with Gasteiger partial charge < -0.3 is 10.4 Å². The summed E-state index contributed by atoms with van der Waals surface area (Å²) in [6.07, 6.45) is 3.59. The number of nitriles is 1. The molecule has 2 aromatic rings. The highest BCUT2D eigenvalue weighted by atomic mass is 79.9. The molecule has 132 valence electrons. The molecule has 0 saturated heterocycles. The lowest BCUT2D eigenvalue weighted by atomic mass is 10.0. The number of allylic oxidation sites excluding steroid dienone is 1. The van der Waals surface area contributed by atoms with Gasteiger partial charge in [-0.1, -0.05) is 23.7 Å². The van der Waals surface area contributed by atoms with Crippen molar-refractivity contribution in [3.05, 3.63) is 74.7 Å². The number of carbonyl (C=O) groups is 1. The van der Waals surface area contributed by atoms with E-state index in [1.165, 1.54) is 6.08 Å². The van der Waals surface area contributed by atoms with E-state index >= 15 is 0 Å². The van der Waals surface area contributed by atoms with E-state index in [4.69, 9.17) is 11.6 Å². The van der Waals surface area contributed by atoms with Crippen molar-refractivity contribution in [1.82, 2.24) is 0 Å². The number of phenols is 1. The van der Waals surface area contributed by atoms with Crippen LogP contribution in [0.4, 0.5) is 5.69 Å². The Balaban J connectivity index is 2.35. The number of phenolic OH excluding ortho intramolecular Hbond substituents is 1. The van der Waals surface area contributed by atoms with E-state index in [-0.39, 0.29) is 11.3 Å². The molecule has 2 aromatic carbocycles. The number of halogens is 2. The summed E-state index contributed by atoms with van der Waals surface area (Å²) in [5.41, 5.74) is 2.46. The predicted molar refractivity (Wildman–Crippen MR) is 108 cm³/mol. The molecular weight excluding hydrogens is 416 g/mol. The van der Waals surface area contributed by atoms with Gasteiger partial charge in [0.25, 0.3) is 5.91 Å². The maximum Gasteiger partial charge on any atom is 0.266 e. The highest BCUT2D eigenvalue weighted by Gasteiger charge is 2.13. The number of aromatic hydroxyl groups is 1. The first-order chi connectivity index (χ1) is 12.4. The third-order valence-corrected chi connectivity index (χ3v) is 4.73. The summed E-state index contributed by atoms with van der Waals surface area (Å²) in [6, 6.07) is 10.4. The second-order valence-corrected chi connectivity index (χ2v) is 6.80. The van der Waals surface area contributed by atoms with Crippen molar-refractivity contribution in [2.24, 2.45) is 0 Å². The summed E-state index contributed by atoms with van der Waals surface area (Å²) < 4.78 is 0.478. The molecule has 4 nitrogen and oxygen atoms in total. The van der Waals surface area contributed by atoms with Crippen molar-refractivity contribution in [2.45, 2.75) is 13.3 Å². The molecule has 0 radical (unpaired) electrons. The fourth-order valence-corrected chi connectivity index (χ4v) is 3.02. The van der Waals surface area contributed by atoms with Gasteiger partial charge in [-0.05, 0) is 76.3 Å². The zero-order valence-corrected chi connectivity index (χ0v) is 16.4. The molecule has 0 aliphatic carbocycles. The summed E-state index contributed by atoms with van der Waals surface area (Å²) in [6.45, 7) is 5.44. The van der Waals surface area contributed by atoms with Crippen LogP contribution in [0.3, 0.4) is 0 Å². The number of rotatable bonds is 5. The van der Waals surface area contributed by atoms with E-state index in [0.717, 1.165) is 5.56 Å². The zero-order chi connectivity index (χ0) is 19.3. The van der Waals surface area contributed by atoms with Gasteiger partial charge >= 0.3 is 0 Å². The molecule has 0 spiro atoms. The Bertz CT molecular complexity index is 946. The minimum Gasteiger partial charge on any atom is -0.506 e. The maximum atomic E-state index is 12.5. The van der Waals surface area contributed by atoms with Gasteiger partial charge in [0.05, 0.1) is 4.47 Å². The van der Waals surface area contributed by atoms with Crippen LogP contribution in [-0.2, 0) is 11.2 Å². The fraction of sp³-hybridized carbons (Fsp3) is 0.100. The predicted octanol–water partition coefficient (Wildman–Crippen LogP) is 5.39. The van der Waals surface area contributed by atoms with E-state index in [1.54, 1.807) is 43.3 Å². The van der Waals surface area contributed by atoms with Gasteiger partial charge in [-0.3, -0.25) is 4.79 Å². The number of nitrogens with zero attached hydrogens (tertiary/aromatic N) is 1. The molecule has 0 fully saturated rings. The summed E-state index contributed by atoms with van der Waals surface area (Å²) in [4.78, 5) is 12.5. The Kier molecular flexibility index (Phi) is 6.62. The van der Waals surface area contributed by atoms with Crippen LogP contribution in [0, 0.1) is 18.3 Å². The van der Waals surface area contributed by atoms with E-state index in [9.17, 15) is 15.2 Å². The second-order valence-electron chi connectivity index (χ2n) is 5.54. The van der Waals surface area contributed by atoms with Gasteiger partial charge in [0.2, 0.25) is 0 Å². The number of carbonyl (C=O) groups excluding carboxylic acids is 1. The van der Waals surface area contributed by atoms with E-state index in [1.807, 2.05) is 6.07 Å². The largest absolute Gasteiger partial charge is 0.506 e. The van der Waals surface area contributed by atoms with Gasteiger partial charge in [-0.2, -0.15) is 5.26 Å². The number of nitrogens with one attached hydrogen (secondary N) is 1. The first kappa shape index (κ1) is 19.8. The van der Waals surface area contributed by atoms with E-state index < -0.39 is 5.91 Å². The van der Waals surface area contributed by atoms with Crippen LogP contribution in [0.1, 0.15) is 16.7 Å². The molecule has 0 heterocycles. The summed E-state index contributed by atoms with van der Waals surface area (Å²) in [7, 11) is 0. The standard InChI is InChI=1S/C20H16BrClN2O2/c1-3-5-14-8-13(10-16(21)19(14)25)9-15(11-23)20(26)24-18-7-4-6-17(22)12(18)2/h3-4,6-10,25H,1,5H2,2H3,(H,24,26)/b15-9-. The van der Waals surface area contributed by atoms with Crippen LogP contribution in [0.25, 0.3) is 6.08 Å². The van der Waals surface area contributed by atoms with Crippen molar-refractivity contribution in [3.63, 3.8) is 0 Å². The molecule has 0 aliphatic rings. The quantitative estimate of drug-likeness (QED) is 0.379. The molecule has 26 heavy (non-hydrogen) atoms. The molecular formula is C20H16BrClN2O2. The van der Waals surface area contributed by atoms with Crippen molar-refractivity contribution in [1.29, 1.82) is 5.26 Å². The second kappa shape index (κ2) is 8.70. The highest BCUT2D eigenvalue weighted by Crippen LogP contribution is 2.31. The van der Waals surface area contributed by atoms with Crippen LogP contribution in [0.15, 0.2) is 53.0 Å². The Hall–Kier alpha value is -2.55. The minimum atomic E-state index is -0.535. The van der Waals surface area contributed by atoms with Crippen molar-refractivity contribution in [2.75, 3.05) is 5.32 Å². The highest BCUT2D eigenvalue weighted by molar-refractivity contribution is 9.10. The summed E-state index contributed by atoms with van der Waals surface area (Å²) >= 11 is 9.33. The Morgan fingerprint density at radius 1 is 1.46 bits per heavy atom. The number of benzene rings is 2. The molecule has 0 aliphatic heterocycles. The fourth-order valence-electron chi connectivity index (χ4n) is 2.32. The summed E-state index contributed by atoms with van der Waals surface area (Å²) in [5.74, 6) is -0.424. The molecule has 1 amide bonds. The monoisotopic (exact) mass is 430 g/mol. The van der Waals surface area contributed by atoms with Crippen LogP contribution < -0.4 is 5.32 Å². The number of amides is 1. The van der Waals surface area contributed by atoms with E-state index in [2.05, 4.69) is 27.8 Å². The smallest absolute Gasteiger partial charge is 0.266 e. The van der Waals surface area contributed by atoms with Gasteiger partial charge in [0, 0.05) is 10.7 Å².